The van der Waals surface area contributed by atoms with Crippen LogP contribution in [0.1, 0.15) is 19.3 Å². The average molecular weight is 440 g/mol. The second kappa shape index (κ2) is 8.98. The van der Waals surface area contributed by atoms with Gasteiger partial charge in [-0.15, -0.1) is 0 Å². The molecule has 1 aromatic heterocycles. The number of nitrogens with one attached hydrogen (secondary N) is 1. The van der Waals surface area contributed by atoms with E-state index < -0.39 is 21.5 Å². The van der Waals surface area contributed by atoms with Gasteiger partial charge in [0.1, 0.15) is 12.3 Å². The van der Waals surface area contributed by atoms with Crippen molar-refractivity contribution in [3.05, 3.63) is 51.9 Å². The van der Waals surface area contributed by atoms with Crippen LogP contribution in [-0.4, -0.2) is 43.4 Å². The third-order valence-electron chi connectivity index (χ3n) is 4.66. The van der Waals surface area contributed by atoms with Crippen LogP contribution in [0.25, 0.3) is 0 Å². The topological polar surface area (TPSA) is 97.7 Å². The molecule has 156 valence electrons. The Labute approximate surface area is 174 Å². The standard InChI is InChI=1S/C19H22ClN3O5S/c1-28-17-7-5-14(20)11-16(17)21-18(24)13-22-12-15(6-8-19(22)25)29(26,27)23-9-3-2-4-10-23/h5-8,11-12H,2-4,9-10,13H2,1H3,(H,21,24). The fraction of sp³-hybridized carbons (Fsp3) is 0.368. The van der Waals surface area contributed by atoms with Gasteiger partial charge in [0.25, 0.3) is 5.56 Å². The molecule has 1 fully saturated rings. The Morgan fingerprint density at radius 2 is 1.90 bits per heavy atom. The van der Waals surface area contributed by atoms with Gasteiger partial charge in [-0.25, -0.2) is 8.42 Å². The molecule has 2 aromatic rings. The summed E-state index contributed by atoms with van der Waals surface area (Å²) < 4.78 is 33.3. The molecule has 1 aliphatic rings. The van der Waals surface area contributed by atoms with Crippen molar-refractivity contribution < 1.29 is 17.9 Å². The lowest BCUT2D eigenvalue weighted by atomic mass is 10.2. The van der Waals surface area contributed by atoms with Crippen LogP contribution >= 0.6 is 11.6 Å². The van der Waals surface area contributed by atoms with Crippen molar-refractivity contribution in [2.45, 2.75) is 30.7 Å². The number of aromatic nitrogens is 1. The van der Waals surface area contributed by atoms with E-state index in [1.165, 1.54) is 29.7 Å². The molecular formula is C19H22ClN3O5S. The van der Waals surface area contributed by atoms with Crippen molar-refractivity contribution in [3.8, 4) is 5.75 Å². The first-order valence-corrected chi connectivity index (χ1v) is 11.0. The Hall–Kier alpha value is -2.36. The van der Waals surface area contributed by atoms with Crippen molar-refractivity contribution in [2.24, 2.45) is 0 Å². The van der Waals surface area contributed by atoms with Gasteiger partial charge in [0, 0.05) is 30.4 Å². The van der Waals surface area contributed by atoms with Gasteiger partial charge in [-0.3, -0.25) is 9.59 Å². The molecular weight excluding hydrogens is 418 g/mol. The fourth-order valence-corrected chi connectivity index (χ4v) is 4.87. The van der Waals surface area contributed by atoms with Crippen molar-refractivity contribution >= 4 is 33.2 Å². The summed E-state index contributed by atoms with van der Waals surface area (Å²) in [5.74, 6) is -0.100. The zero-order chi connectivity index (χ0) is 21.0. The van der Waals surface area contributed by atoms with Gasteiger partial charge in [0.15, 0.2) is 0 Å². The number of ether oxygens (including phenoxy) is 1. The van der Waals surface area contributed by atoms with E-state index in [1.54, 1.807) is 12.1 Å². The number of halogens is 1. The van der Waals surface area contributed by atoms with Gasteiger partial charge in [0.05, 0.1) is 17.7 Å². The van der Waals surface area contributed by atoms with E-state index in [0.717, 1.165) is 29.9 Å². The van der Waals surface area contributed by atoms with E-state index in [9.17, 15) is 18.0 Å². The van der Waals surface area contributed by atoms with Crippen LogP contribution in [0.4, 0.5) is 5.69 Å². The Morgan fingerprint density at radius 3 is 2.59 bits per heavy atom. The SMILES string of the molecule is COc1ccc(Cl)cc1NC(=O)Cn1cc(S(=O)(=O)N2CCCCC2)ccc1=O. The largest absolute Gasteiger partial charge is 0.495 e. The number of rotatable bonds is 6. The molecule has 0 saturated carbocycles. The molecule has 1 aliphatic heterocycles. The fourth-order valence-electron chi connectivity index (χ4n) is 3.16. The first-order chi connectivity index (χ1) is 13.8. The highest BCUT2D eigenvalue weighted by Gasteiger charge is 2.26. The highest BCUT2D eigenvalue weighted by molar-refractivity contribution is 7.89. The summed E-state index contributed by atoms with van der Waals surface area (Å²) in [5, 5.41) is 3.04. The second-order valence-corrected chi connectivity index (χ2v) is 9.06. The Balaban J connectivity index is 1.81. The lowest BCUT2D eigenvalue weighted by Crippen LogP contribution is -2.36. The summed E-state index contributed by atoms with van der Waals surface area (Å²) in [4.78, 5) is 24.6. The first-order valence-electron chi connectivity index (χ1n) is 9.15. The number of carbonyl (C=O) groups is 1. The number of nitrogens with zero attached hydrogens (tertiary/aromatic N) is 2. The number of benzene rings is 1. The zero-order valence-corrected chi connectivity index (χ0v) is 17.5. The van der Waals surface area contributed by atoms with Crippen molar-refractivity contribution in [2.75, 3.05) is 25.5 Å². The third kappa shape index (κ3) is 4.98. The Bertz CT molecular complexity index is 1060. The zero-order valence-electron chi connectivity index (χ0n) is 15.9. The quantitative estimate of drug-likeness (QED) is 0.744. The van der Waals surface area contributed by atoms with Crippen molar-refractivity contribution in [1.29, 1.82) is 0 Å². The monoisotopic (exact) mass is 439 g/mol. The molecule has 29 heavy (non-hydrogen) atoms. The minimum Gasteiger partial charge on any atom is -0.495 e. The van der Waals surface area contributed by atoms with E-state index in [2.05, 4.69) is 5.32 Å². The number of carbonyl (C=O) groups excluding carboxylic acids is 1. The van der Waals surface area contributed by atoms with Crippen LogP contribution in [0.5, 0.6) is 5.75 Å². The van der Waals surface area contributed by atoms with Crippen LogP contribution in [0.15, 0.2) is 46.2 Å². The number of anilines is 1. The molecule has 0 bridgehead atoms. The molecule has 0 atom stereocenters. The van der Waals surface area contributed by atoms with E-state index in [4.69, 9.17) is 16.3 Å². The van der Waals surface area contributed by atoms with Crippen LogP contribution < -0.4 is 15.6 Å². The maximum Gasteiger partial charge on any atom is 0.251 e. The van der Waals surface area contributed by atoms with Gasteiger partial charge < -0.3 is 14.6 Å². The first kappa shape index (κ1) is 21.4. The summed E-state index contributed by atoms with van der Waals surface area (Å²) in [5.41, 5.74) is -0.119. The predicted molar refractivity (Wildman–Crippen MR) is 110 cm³/mol. The molecule has 10 heteroatoms. The van der Waals surface area contributed by atoms with Crippen LogP contribution in [-0.2, 0) is 21.4 Å². The lowest BCUT2D eigenvalue weighted by Gasteiger charge is -2.26. The molecule has 0 radical (unpaired) electrons. The number of hydrogen-bond acceptors (Lipinski definition) is 5. The number of sulfonamides is 1. The average Bonchev–Trinajstić information content (AvgIpc) is 2.70. The van der Waals surface area contributed by atoms with Gasteiger partial charge in [-0.05, 0) is 37.1 Å². The minimum absolute atomic E-state index is 0.00728. The Kier molecular flexibility index (Phi) is 6.61. The summed E-state index contributed by atoms with van der Waals surface area (Å²) in [6.07, 6.45) is 3.82. The molecule has 0 spiro atoms. The number of pyridine rings is 1. The summed E-state index contributed by atoms with van der Waals surface area (Å²) in [6, 6.07) is 7.19. The van der Waals surface area contributed by atoms with E-state index >= 15 is 0 Å². The molecule has 0 aliphatic carbocycles. The number of amides is 1. The van der Waals surface area contributed by atoms with Crippen molar-refractivity contribution in [3.63, 3.8) is 0 Å². The molecule has 3 rings (SSSR count). The van der Waals surface area contributed by atoms with Crippen LogP contribution in [0, 0.1) is 0 Å². The summed E-state index contributed by atoms with van der Waals surface area (Å²) in [6.45, 7) is 0.560. The number of piperidine rings is 1. The normalized spacial score (nSPS) is 15.1. The van der Waals surface area contributed by atoms with E-state index in [-0.39, 0.29) is 11.4 Å². The van der Waals surface area contributed by atoms with Crippen LogP contribution in [0.2, 0.25) is 5.02 Å². The molecule has 1 amide bonds. The molecule has 0 unspecified atom stereocenters. The highest BCUT2D eigenvalue weighted by atomic mass is 35.5. The Morgan fingerprint density at radius 1 is 1.17 bits per heavy atom. The molecule has 1 N–H and O–H groups in total. The number of methoxy groups -OCH3 is 1. The second-order valence-electron chi connectivity index (χ2n) is 6.69. The molecule has 8 nitrogen and oxygen atoms in total. The highest BCUT2D eigenvalue weighted by Crippen LogP contribution is 2.27. The number of hydrogen-bond donors (Lipinski definition) is 1. The summed E-state index contributed by atoms with van der Waals surface area (Å²) >= 11 is 5.95. The van der Waals surface area contributed by atoms with Crippen molar-refractivity contribution in [1.82, 2.24) is 8.87 Å². The molecule has 1 saturated heterocycles. The van der Waals surface area contributed by atoms with E-state index in [1.807, 2.05) is 0 Å². The van der Waals surface area contributed by atoms with Gasteiger partial charge in [0.2, 0.25) is 15.9 Å². The minimum atomic E-state index is -3.71. The third-order valence-corrected chi connectivity index (χ3v) is 6.78. The smallest absolute Gasteiger partial charge is 0.251 e. The summed E-state index contributed by atoms with van der Waals surface area (Å²) in [7, 11) is -2.25. The maximum atomic E-state index is 12.8. The van der Waals surface area contributed by atoms with E-state index in [0.29, 0.717) is 29.5 Å². The van der Waals surface area contributed by atoms with Crippen LogP contribution in [0.3, 0.4) is 0 Å². The van der Waals surface area contributed by atoms with Gasteiger partial charge >= 0.3 is 0 Å². The predicted octanol–water partition coefficient (Wildman–Crippen LogP) is 2.32. The van der Waals surface area contributed by atoms with Gasteiger partial charge in [-0.1, -0.05) is 18.0 Å². The molecule has 1 aromatic carbocycles. The lowest BCUT2D eigenvalue weighted by molar-refractivity contribution is -0.116. The maximum absolute atomic E-state index is 12.8. The molecule has 2 heterocycles. The van der Waals surface area contributed by atoms with Gasteiger partial charge in [-0.2, -0.15) is 4.31 Å².